The molecule has 0 aliphatic carbocycles. The molecular formula is C21H20F2N2O4. The first kappa shape index (κ1) is 20.3. The van der Waals surface area contributed by atoms with Crippen LogP contribution in [0.5, 0.6) is 11.5 Å². The number of para-hydroxylation sites is 1. The number of carbonyl (C=O) groups excluding carboxylic acids is 2. The summed E-state index contributed by atoms with van der Waals surface area (Å²) in [5.74, 6) is 0.0298. The highest BCUT2D eigenvalue weighted by Crippen LogP contribution is 2.33. The second-order valence-electron chi connectivity index (χ2n) is 6.27. The monoisotopic (exact) mass is 402 g/mol. The predicted octanol–water partition coefficient (Wildman–Crippen LogP) is 4.08. The molecule has 1 heterocycles. The minimum absolute atomic E-state index is 0.0205. The Labute approximate surface area is 166 Å². The summed E-state index contributed by atoms with van der Waals surface area (Å²) < 4.78 is 34.7. The van der Waals surface area contributed by atoms with Crippen molar-refractivity contribution in [2.75, 3.05) is 23.9 Å². The van der Waals surface area contributed by atoms with Gasteiger partial charge in [-0.25, -0.2) is 0 Å². The number of methoxy groups -OCH3 is 1. The lowest BCUT2D eigenvalue weighted by Crippen LogP contribution is -2.24. The van der Waals surface area contributed by atoms with Gasteiger partial charge in [-0.05, 0) is 30.7 Å². The fourth-order valence-electron chi connectivity index (χ4n) is 3.05. The van der Waals surface area contributed by atoms with Gasteiger partial charge in [0.15, 0.2) is 0 Å². The Morgan fingerprint density at radius 2 is 2.00 bits per heavy atom. The van der Waals surface area contributed by atoms with E-state index in [9.17, 15) is 18.4 Å². The van der Waals surface area contributed by atoms with Crippen molar-refractivity contribution in [2.24, 2.45) is 0 Å². The van der Waals surface area contributed by atoms with Crippen LogP contribution in [0.4, 0.5) is 20.2 Å². The number of carbonyl (C=O) groups is 2. The molecule has 0 aromatic heterocycles. The van der Waals surface area contributed by atoms with Crippen LogP contribution in [0.15, 0.2) is 48.5 Å². The molecule has 0 radical (unpaired) electrons. The molecular weight excluding hydrogens is 382 g/mol. The number of amides is 2. The highest BCUT2D eigenvalue weighted by atomic mass is 19.3. The summed E-state index contributed by atoms with van der Waals surface area (Å²) in [7, 11) is 1.49. The molecule has 1 saturated heterocycles. The summed E-state index contributed by atoms with van der Waals surface area (Å²) in [6.45, 7) is -2.32. The Hall–Kier alpha value is -3.42. The number of nitrogens with one attached hydrogen (secondary N) is 1. The van der Waals surface area contributed by atoms with Crippen LogP contribution in [0, 0.1) is 0 Å². The minimum Gasteiger partial charge on any atom is -0.494 e. The summed E-state index contributed by atoms with van der Waals surface area (Å²) in [6.07, 6.45) is 3.91. The van der Waals surface area contributed by atoms with Crippen LogP contribution in [0.1, 0.15) is 18.4 Å². The van der Waals surface area contributed by atoms with Gasteiger partial charge in [-0.3, -0.25) is 9.59 Å². The largest absolute Gasteiger partial charge is 0.494 e. The molecule has 2 aromatic rings. The number of alkyl halides is 2. The number of hydrogen-bond donors (Lipinski definition) is 1. The Morgan fingerprint density at radius 1 is 1.21 bits per heavy atom. The van der Waals surface area contributed by atoms with Crippen molar-refractivity contribution < 1.29 is 27.8 Å². The van der Waals surface area contributed by atoms with Gasteiger partial charge in [0, 0.05) is 36.4 Å². The lowest BCUT2D eigenvalue weighted by molar-refractivity contribution is -0.117. The third-order valence-electron chi connectivity index (χ3n) is 4.36. The van der Waals surface area contributed by atoms with Crippen LogP contribution in [-0.4, -0.2) is 32.1 Å². The molecule has 1 aliphatic heterocycles. The van der Waals surface area contributed by atoms with Gasteiger partial charge in [0.1, 0.15) is 11.5 Å². The zero-order chi connectivity index (χ0) is 20.8. The second kappa shape index (κ2) is 9.18. The predicted molar refractivity (Wildman–Crippen MR) is 105 cm³/mol. The number of halogens is 2. The van der Waals surface area contributed by atoms with Crippen LogP contribution in [0.3, 0.4) is 0 Å². The Kier molecular flexibility index (Phi) is 6.43. The van der Waals surface area contributed by atoms with Crippen molar-refractivity contribution in [2.45, 2.75) is 19.5 Å². The van der Waals surface area contributed by atoms with E-state index in [4.69, 9.17) is 4.74 Å². The number of benzene rings is 2. The van der Waals surface area contributed by atoms with Crippen molar-refractivity contribution in [1.29, 1.82) is 0 Å². The zero-order valence-electron chi connectivity index (χ0n) is 15.7. The molecule has 0 atom stereocenters. The Morgan fingerprint density at radius 3 is 2.69 bits per heavy atom. The van der Waals surface area contributed by atoms with Crippen molar-refractivity contribution in [3.05, 3.63) is 54.1 Å². The number of anilines is 2. The molecule has 1 fully saturated rings. The van der Waals surface area contributed by atoms with Gasteiger partial charge in [0.25, 0.3) is 0 Å². The van der Waals surface area contributed by atoms with Gasteiger partial charge in [-0.1, -0.05) is 18.2 Å². The molecule has 1 aliphatic rings. The normalized spacial score (nSPS) is 13.9. The molecule has 1 N–H and O–H groups in total. The first-order valence-corrected chi connectivity index (χ1v) is 8.99. The van der Waals surface area contributed by atoms with Gasteiger partial charge < -0.3 is 19.7 Å². The first-order chi connectivity index (χ1) is 14.0. The maximum atomic E-state index is 12.5. The molecule has 8 heteroatoms. The van der Waals surface area contributed by atoms with Crippen molar-refractivity contribution in [3.63, 3.8) is 0 Å². The van der Waals surface area contributed by atoms with Crippen molar-refractivity contribution >= 4 is 29.3 Å². The second-order valence-corrected chi connectivity index (χ2v) is 6.27. The zero-order valence-corrected chi connectivity index (χ0v) is 15.7. The summed E-state index contributed by atoms with van der Waals surface area (Å²) in [4.78, 5) is 25.8. The van der Waals surface area contributed by atoms with Crippen LogP contribution >= 0.6 is 0 Å². The van der Waals surface area contributed by atoms with E-state index in [0.29, 0.717) is 35.7 Å². The van der Waals surface area contributed by atoms with Gasteiger partial charge in [-0.2, -0.15) is 8.78 Å². The number of rotatable bonds is 7. The lowest BCUT2D eigenvalue weighted by atomic mass is 10.2. The van der Waals surface area contributed by atoms with E-state index < -0.39 is 12.5 Å². The van der Waals surface area contributed by atoms with Crippen molar-refractivity contribution in [3.8, 4) is 11.5 Å². The molecule has 3 rings (SSSR count). The van der Waals surface area contributed by atoms with E-state index in [1.165, 1.54) is 25.3 Å². The Balaban J connectivity index is 1.71. The third kappa shape index (κ3) is 5.10. The van der Waals surface area contributed by atoms with E-state index in [1.54, 1.807) is 41.3 Å². The topological polar surface area (TPSA) is 67.9 Å². The van der Waals surface area contributed by atoms with E-state index in [2.05, 4.69) is 10.1 Å². The summed E-state index contributed by atoms with van der Waals surface area (Å²) in [5.41, 5.74) is 1.48. The highest BCUT2D eigenvalue weighted by Gasteiger charge is 2.24. The van der Waals surface area contributed by atoms with E-state index in [0.717, 1.165) is 6.42 Å². The maximum absolute atomic E-state index is 12.5. The van der Waals surface area contributed by atoms with E-state index in [1.807, 2.05) is 0 Å². The van der Waals surface area contributed by atoms with Gasteiger partial charge in [0.2, 0.25) is 11.8 Å². The summed E-state index contributed by atoms with van der Waals surface area (Å²) in [6, 6.07) is 11.2. The fraction of sp³-hybridized carbons (Fsp3) is 0.238. The molecule has 29 heavy (non-hydrogen) atoms. The summed E-state index contributed by atoms with van der Waals surface area (Å²) >= 11 is 0. The molecule has 6 nitrogen and oxygen atoms in total. The standard InChI is InChI=1S/C21H20F2N2O4/c1-28-18-13-15(9-10-16(18)25-12-4-7-20(25)27)24-19(26)11-8-14-5-2-3-6-17(14)29-21(22)23/h2-3,5-6,8-11,13,21H,4,7,12H2,1H3,(H,24,26)/b11-8+. The quantitative estimate of drug-likeness (QED) is 0.709. The molecule has 0 saturated carbocycles. The summed E-state index contributed by atoms with van der Waals surface area (Å²) in [5, 5.41) is 2.68. The minimum atomic E-state index is -2.95. The van der Waals surface area contributed by atoms with E-state index >= 15 is 0 Å². The third-order valence-corrected chi connectivity index (χ3v) is 4.36. The maximum Gasteiger partial charge on any atom is 0.387 e. The van der Waals surface area contributed by atoms with Crippen LogP contribution < -0.4 is 19.7 Å². The SMILES string of the molecule is COc1cc(NC(=O)/C=C/c2ccccc2OC(F)F)ccc1N1CCCC1=O. The van der Waals surface area contributed by atoms with Gasteiger partial charge in [-0.15, -0.1) is 0 Å². The van der Waals surface area contributed by atoms with Gasteiger partial charge in [0.05, 0.1) is 12.8 Å². The molecule has 0 bridgehead atoms. The number of hydrogen-bond acceptors (Lipinski definition) is 4. The average Bonchev–Trinajstić information content (AvgIpc) is 3.12. The van der Waals surface area contributed by atoms with Crippen LogP contribution in [0.25, 0.3) is 6.08 Å². The Bertz CT molecular complexity index is 931. The molecule has 2 aromatic carbocycles. The lowest BCUT2D eigenvalue weighted by Gasteiger charge is -2.19. The average molecular weight is 402 g/mol. The van der Waals surface area contributed by atoms with Crippen molar-refractivity contribution in [1.82, 2.24) is 0 Å². The van der Waals surface area contributed by atoms with Gasteiger partial charge >= 0.3 is 6.61 Å². The fourth-order valence-corrected chi connectivity index (χ4v) is 3.05. The molecule has 2 amide bonds. The van der Waals surface area contributed by atoms with E-state index in [-0.39, 0.29) is 11.7 Å². The number of ether oxygens (including phenoxy) is 2. The highest BCUT2D eigenvalue weighted by molar-refractivity contribution is 6.03. The molecule has 0 unspecified atom stereocenters. The smallest absolute Gasteiger partial charge is 0.387 e. The van der Waals surface area contributed by atoms with Crippen LogP contribution in [0.2, 0.25) is 0 Å². The molecule has 0 spiro atoms. The number of nitrogens with zero attached hydrogens (tertiary/aromatic N) is 1. The first-order valence-electron chi connectivity index (χ1n) is 8.99. The molecule has 152 valence electrons. The van der Waals surface area contributed by atoms with Crippen LogP contribution in [-0.2, 0) is 9.59 Å².